The lowest BCUT2D eigenvalue weighted by molar-refractivity contribution is 0.0350. The Bertz CT molecular complexity index is 422. The third kappa shape index (κ3) is 2.82. The van der Waals surface area contributed by atoms with Gasteiger partial charge >= 0.3 is 0 Å². The molecule has 0 spiro atoms. The average Bonchev–Trinajstić information content (AvgIpc) is 2.29. The molecule has 3 nitrogen and oxygen atoms in total. The Morgan fingerprint density at radius 1 is 1.33 bits per heavy atom. The van der Waals surface area contributed by atoms with Crippen LogP contribution in [0.5, 0.6) is 0 Å². The Morgan fingerprint density at radius 3 is 2.50 bits per heavy atom. The fourth-order valence-electron chi connectivity index (χ4n) is 2.38. The van der Waals surface area contributed by atoms with Crippen molar-refractivity contribution in [1.29, 1.82) is 0 Å². The van der Waals surface area contributed by atoms with Gasteiger partial charge in [0.2, 0.25) is 0 Å². The molecule has 0 aliphatic carbocycles. The summed E-state index contributed by atoms with van der Waals surface area (Å²) in [6.45, 7) is 4.92. The smallest absolute Gasteiger partial charge is 0.123 e. The Hall–Kier alpha value is -1.13. The lowest BCUT2D eigenvalue weighted by atomic mass is 9.93. The van der Waals surface area contributed by atoms with E-state index in [1.807, 2.05) is 6.92 Å². The van der Waals surface area contributed by atoms with E-state index in [9.17, 15) is 14.6 Å². The van der Waals surface area contributed by atoms with Crippen LogP contribution in [0, 0.1) is 5.82 Å². The Labute approximate surface area is 107 Å². The van der Waals surface area contributed by atoms with Crippen LogP contribution >= 0.6 is 0 Å². The van der Waals surface area contributed by atoms with E-state index in [0.29, 0.717) is 18.4 Å². The van der Waals surface area contributed by atoms with Gasteiger partial charge in [-0.25, -0.2) is 4.39 Å². The number of aliphatic hydroxyl groups is 2. The number of hydrogen-bond donors (Lipinski definition) is 2. The SMILES string of the molecule is C[C@@H](O)c1cc(F)ccc1N1CCC(C)(O)CC1. The highest BCUT2D eigenvalue weighted by molar-refractivity contribution is 5.55. The molecule has 1 aromatic carbocycles. The van der Waals surface area contributed by atoms with Crippen molar-refractivity contribution in [3.8, 4) is 0 Å². The summed E-state index contributed by atoms with van der Waals surface area (Å²) < 4.78 is 13.2. The maximum Gasteiger partial charge on any atom is 0.123 e. The molecule has 0 saturated carbocycles. The van der Waals surface area contributed by atoms with Gasteiger partial charge in [-0.15, -0.1) is 0 Å². The number of piperidine rings is 1. The predicted molar refractivity (Wildman–Crippen MR) is 69.1 cm³/mol. The number of rotatable bonds is 2. The molecule has 1 saturated heterocycles. The number of halogens is 1. The molecular formula is C14H20FNO2. The van der Waals surface area contributed by atoms with Gasteiger partial charge in [0, 0.05) is 24.3 Å². The van der Waals surface area contributed by atoms with Gasteiger partial charge in [0.25, 0.3) is 0 Å². The summed E-state index contributed by atoms with van der Waals surface area (Å²) in [5, 5.41) is 19.6. The van der Waals surface area contributed by atoms with Crippen molar-refractivity contribution in [3.05, 3.63) is 29.6 Å². The predicted octanol–water partition coefficient (Wildman–Crippen LogP) is 2.23. The molecule has 1 aliphatic rings. The van der Waals surface area contributed by atoms with Crippen LogP contribution < -0.4 is 4.90 Å². The largest absolute Gasteiger partial charge is 0.390 e. The number of nitrogens with zero attached hydrogens (tertiary/aromatic N) is 1. The van der Waals surface area contributed by atoms with Gasteiger partial charge in [-0.2, -0.15) is 0 Å². The Kier molecular flexibility index (Phi) is 3.59. The van der Waals surface area contributed by atoms with Crippen LogP contribution in [0.4, 0.5) is 10.1 Å². The van der Waals surface area contributed by atoms with Gasteiger partial charge in [-0.3, -0.25) is 0 Å². The van der Waals surface area contributed by atoms with Gasteiger partial charge in [-0.05, 0) is 44.9 Å². The first-order valence-electron chi connectivity index (χ1n) is 6.34. The van der Waals surface area contributed by atoms with Crippen LogP contribution in [0.1, 0.15) is 38.4 Å². The van der Waals surface area contributed by atoms with Gasteiger partial charge in [0.05, 0.1) is 11.7 Å². The van der Waals surface area contributed by atoms with Crippen molar-refractivity contribution in [2.45, 2.75) is 38.4 Å². The molecule has 0 amide bonds. The summed E-state index contributed by atoms with van der Waals surface area (Å²) in [6.07, 6.45) is 0.672. The normalized spacial score (nSPS) is 20.8. The second-order valence-electron chi connectivity index (χ2n) is 5.36. The molecule has 0 aromatic heterocycles. The molecule has 0 unspecified atom stereocenters. The molecule has 0 bridgehead atoms. The standard InChI is InChI=1S/C14H20FNO2/c1-10(17)12-9-11(15)3-4-13(12)16-7-5-14(2,18)6-8-16/h3-4,9-10,17-18H,5-8H2,1-2H3/t10-/m1/s1. The fraction of sp³-hybridized carbons (Fsp3) is 0.571. The number of benzene rings is 1. The van der Waals surface area contributed by atoms with E-state index in [4.69, 9.17) is 0 Å². The van der Waals surface area contributed by atoms with E-state index in [1.54, 1.807) is 13.0 Å². The fourth-order valence-corrected chi connectivity index (χ4v) is 2.38. The Morgan fingerprint density at radius 2 is 1.94 bits per heavy atom. The van der Waals surface area contributed by atoms with Crippen LogP contribution in [-0.4, -0.2) is 28.9 Å². The molecule has 18 heavy (non-hydrogen) atoms. The summed E-state index contributed by atoms with van der Waals surface area (Å²) in [6, 6.07) is 4.50. The van der Waals surface area contributed by atoms with Gasteiger partial charge in [-0.1, -0.05) is 0 Å². The summed E-state index contributed by atoms with van der Waals surface area (Å²) in [5.74, 6) is -0.335. The van der Waals surface area contributed by atoms with E-state index in [-0.39, 0.29) is 5.82 Å². The lowest BCUT2D eigenvalue weighted by Crippen LogP contribution is -2.42. The molecule has 1 aliphatic heterocycles. The molecule has 100 valence electrons. The van der Waals surface area contributed by atoms with Crippen LogP contribution in [0.15, 0.2) is 18.2 Å². The van der Waals surface area contributed by atoms with E-state index in [2.05, 4.69) is 4.90 Å². The maximum absolute atomic E-state index is 13.2. The highest BCUT2D eigenvalue weighted by Gasteiger charge is 2.28. The summed E-state index contributed by atoms with van der Waals surface area (Å²) in [5.41, 5.74) is 0.861. The van der Waals surface area contributed by atoms with Crippen LogP contribution in [0.25, 0.3) is 0 Å². The number of aliphatic hydroxyl groups excluding tert-OH is 1. The topological polar surface area (TPSA) is 43.7 Å². The van der Waals surface area contributed by atoms with E-state index >= 15 is 0 Å². The molecule has 1 aromatic rings. The molecule has 1 atom stereocenters. The molecule has 1 heterocycles. The average molecular weight is 253 g/mol. The van der Waals surface area contributed by atoms with Crippen molar-refractivity contribution in [2.24, 2.45) is 0 Å². The van der Waals surface area contributed by atoms with Crippen molar-refractivity contribution < 1.29 is 14.6 Å². The number of anilines is 1. The summed E-state index contributed by atoms with van der Waals surface area (Å²) in [7, 11) is 0. The molecule has 1 fully saturated rings. The monoisotopic (exact) mass is 253 g/mol. The first-order valence-corrected chi connectivity index (χ1v) is 6.34. The Balaban J connectivity index is 2.24. The lowest BCUT2D eigenvalue weighted by Gasteiger charge is -2.38. The molecule has 0 radical (unpaired) electrons. The van der Waals surface area contributed by atoms with Crippen LogP contribution in [0.2, 0.25) is 0 Å². The second-order valence-corrected chi connectivity index (χ2v) is 5.36. The van der Waals surface area contributed by atoms with Crippen molar-refractivity contribution in [1.82, 2.24) is 0 Å². The zero-order valence-electron chi connectivity index (χ0n) is 10.9. The highest BCUT2D eigenvalue weighted by atomic mass is 19.1. The summed E-state index contributed by atoms with van der Waals surface area (Å²) in [4.78, 5) is 2.10. The number of hydrogen-bond acceptors (Lipinski definition) is 3. The molecule has 2 rings (SSSR count). The highest BCUT2D eigenvalue weighted by Crippen LogP contribution is 2.31. The minimum atomic E-state index is -0.696. The second kappa shape index (κ2) is 4.86. The van der Waals surface area contributed by atoms with Crippen molar-refractivity contribution >= 4 is 5.69 Å². The summed E-state index contributed by atoms with van der Waals surface area (Å²) >= 11 is 0. The van der Waals surface area contributed by atoms with Gasteiger partial charge < -0.3 is 15.1 Å². The minimum Gasteiger partial charge on any atom is -0.390 e. The minimum absolute atomic E-state index is 0.335. The van der Waals surface area contributed by atoms with Crippen molar-refractivity contribution in [3.63, 3.8) is 0 Å². The van der Waals surface area contributed by atoms with Gasteiger partial charge in [0.15, 0.2) is 0 Å². The quantitative estimate of drug-likeness (QED) is 0.849. The molecular weight excluding hydrogens is 233 g/mol. The van der Waals surface area contributed by atoms with E-state index in [1.165, 1.54) is 12.1 Å². The van der Waals surface area contributed by atoms with E-state index < -0.39 is 11.7 Å². The zero-order chi connectivity index (χ0) is 13.3. The van der Waals surface area contributed by atoms with E-state index in [0.717, 1.165) is 18.8 Å². The maximum atomic E-state index is 13.2. The van der Waals surface area contributed by atoms with Crippen LogP contribution in [-0.2, 0) is 0 Å². The third-order valence-electron chi connectivity index (χ3n) is 3.62. The first kappa shape index (κ1) is 13.3. The third-order valence-corrected chi connectivity index (χ3v) is 3.62. The molecule has 2 N–H and O–H groups in total. The first-order chi connectivity index (χ1) is 8.39. The van der Waals surface area contributed by atoms with Gasteiger partial charge in [0.1, 0.15) is 5.82 Å². The molecule has 4 heteroatoms. The zero-order valence-corrected chi connectivity index (χ0v) is 10.9. The van der Waals surface area contributed by atoms with Crippen molar-refractivity contribution in [2.75, 3.05) is 18.0 Å². The van der Waals surface area contributed by atoms with Crippen LogP contribution in [0.3, 0.4) is 0 Å².